The molecule has 0 atom stereocenters. The van der Waals surface area contributed by atoms with E-state index in [1.165, 1.54) is 34.7 Å². The van der Waals surface area contributed by atoms with E-state index in [1.54, 1.807) is 0 Å². The van der Waals surface area contributed by atoms with E-state index in [0.717, 1.165) is 11.5 Å². The van der Waals surface area contributed by atoms with E-state index in [4.69, 9.17) is 35.9 Å². The Morgan fingerprint density at radius 1 is 0.875 bits per heavy atom. The quantitative estimate of drug-likeness (QED) is 0.831. The average molecular weight is 288 g/mol. The number of nitrogens with two attached hydrogens (primary N) is 2. The summed E-state index contributed by atoms with van der Waals surface area (Å²) in [6, 6.07) is 8.28. The van der Waals surface area contributed by atoms with Gasteiger partial charge in [0.05, 0.1) is 0 Å². The van der Waals surface area contributed by atoms with Crippen LogP contribution < -0.4 is 11.5 Å². The molecule has 0 unspecified atom stereocenters. The second-order valence-electron chi connectivity index (χ2n) is 3.03. The highest BCUT2D eigenvalue weighted by Gasteiger charge is 1.98. The summed E-state index contributed by atoms with van der Waals surface area (Å²) < 4.78 is 0.959. The summed E-state index contributed by atoms with van der Waals surface area (Å²) >= 11 is 12.5. The predicted octanol–water partition coefficient (Wildman–Crippen LogP) is 2.64. The van der Waals surface area contributed by atoms with E-state index in [-0.39, 0.29) is 0 Å². The van der Waals surface area contributed by atoms with Crippen LogP contribution >= 0.6 is 48.0 Å². The molecule has 0 bridgehead atoms. The molecule has 0 aliphatic carbocycles. The monoisotopic (exact) mass is 288 g/mol. The van der Waals surface area contributed by atoms with Crippen molar-refractivity contribution in [3.63, 3.8) is 0 Å². The van der Waals surface area contributed by atoms with Gasteiger partial charge in [-0.25, -0.2) is 0 Å². The Kier molecular flexibility index (Phi) is 6.12. The molecule has 4 N–H and O–H groups in total. The van der Waals surface area contributed by atoms with Crippen LogP contribution in [0, 0.1) is 0 Å². The fourth-order valence-electron chi connectivity index (χ4n) is 1.04. The Labute approximate surface area is 115 Å². The summed E-state index contributed by atoms with van der Waals surface area (Å²) in [7, 11) is 0. The third-order valence-corrected chi connectivity index (χ3v) is 4.02. The molecule has 16 heavy (non-hydrogen) atoms. The Morgan fingerprint density at radius 3 is 1.44 bits per heavy atom. The molecule has 2 nitrogen and oxygen atoms in total. The SMILES string of the molecule is NC(=S)SCc1ccc(CSC(N)=S)cc1. The van der Waals surface area contributed by atoms with Crippen LogP contribution in [0.5, 0.6) is 0 Å². The van der Waals surface area contributed by atoms with Gasteiger partial charge in [0.1, 0.15) is 8.64 Å². The van der Waals surface area contributed by atoms with Gasteiger partial charge in [0.2, 0.25) is 0 Å². The lowest BCUT2D eigenvalue weighted by molar-refractivity contribution is 1.35. The van der Waals surface area contributed by atoms with Crippen molar-refractivity contribution in [1.29, 1.82) is 0 Å². The van der Waals surface area contributed by atoms with E-state index >= 15 is 0 Å². The van der Waals surface area contributed by atoms with Crippen LogP contribution in [-0.2, 0) is 11.5 Å². The second-order valence-corrected chi connectivity index (χ2v) is 6.46. The summed E-state index contributed by atoms with van der Waals surface area (Å²) in [5.74, 6) is 1.64. The summed E-state index contributed by atoms with van der Waals surface area (Å²) in [5, 5.41) is 0. The van der Waals surface area contributed by atoms with Crippen LogP contribution in [-0.4, -0.2) is 8.64 Å². The molecule has 0 radical (unpaired) electrons. The number of rotatable bonds is 4. The van der Waals surface area contributed by atoms with Gasteiger partial charge in [0.25, 0.3) is 0 Å². The molecular weight excluding hydrogens is 276 g/mol. The first-order valence-corrected chi connectivity index (χ1v) is 7.29. The van der Waals surface area contributed by atoms with E-state index in [1.807, 2.05) is 0 Å². The lowest BCUT2D eigenvalue weighted by Crippen LogP contribution is -2.02. The van der Waals surface area contributed by atoms with Crippen LogP contribution in [0.3, 0.4) is 0 Å². The molecule has 0 amide bonds. The van der Waals surface area contributed by atoms with E-state index in [9.17, 15) is 0 Å². The zero-order valence-corrected chi connectivity index (χ0v) is 11.8. The fraction of sp³-hybridized carbons (Fsp3) is 0.200. The van der Waals surface area contributed by atoms with Crippen molar-refractivity contribution >= 4 is 56.6 Å². The summed E-state index contributed by atoms with van der Waals surface area (Å²) in [6.45, 7) is 0. The molecule has 0 aliphatic heterocycles. The molecule has 1 rings (SSSR count). The van der Waals surface area contributed by atoms with Gasteiger partial charge in [0.15, 0.2) is 0 Å². The molecule has 6 heteroatoms. The van der Waals surface area contributed by atoms with E-state index in [0.29, 0.717) is 8.64 Å². The summed E-state index contributed by atoms with van der Waals surface area (Å²) in [4.78, 5) is 0. The van der Waals surface area contributed by atoms with Crippen molar-refractivity contribution in [2.75, 3.05) is 0 Å². The molecule has 0 saturated heterocycles. The maximum absolute atomic E-state index is 5.41. The molecule has 0 aliphatic rings. The standard InChI is InChI=1S/C10H12N2S4/c11-9(13)15-5-7-1-2-8(4-3-7)6-16-10(12)14/h1-4H,5-6H2,(H2,11,13)(H2,12,14). The number of hydrogen-bond acceptors (Lipinski definition) is 4. The Hall–Kier alpha value is -0.300. The van der Waals surface area contributed by atoms with E-state index < -0.39 is 0 Å². The van der Waals surface area contributed by atoms with Crippen molar-refractivity contribution in [3.8, 4) is 0 Å². The van der Waals surface area contributed by atoms with Crippen LogP contribution in [0.4, 0.5) is 0 Å². The highest BCUT2D eigenvalue weighted by atomic mass is 32.2. The van der Waals surface area contributed by atoms with Crippen LogP contribution in [0.2, 0.25) is 0 Å². The van der Waals surface area contributed by atoms with Crippen molar-refractivity contribution in [1.82, 2.24) is 0 Å². The van der Waals surface area contributed by atoms with Gasteiger partial charge < -0.3 is 11.5 Å². The normalized spacial score (nSPS) is 10.0. The topological polar surface area (TPSA) is 52.0 Å². The van der Waals surface area contributed by atoms with Crippen LogP contribution in [0.1, 0.15) is 11.1 Å². The zero-order valence-electron chi connectivity index (χ0n) is 8.51. The number of benzene rings is 1. The van der Waals surface area contributed by atoms with Crippen molar-refractivity contribution in [3.05, 3.63) is 35.4 Å². The molecule has 0 aromatic heterocycles. The van der Waals surface area contributed by atoms with Crippen molar-refractivity contribution in [2.24, 2.45) is 11.5 Å². The molecule has 0 saturated carbocycles. The molecule has 1 aromatic carbocycles. The molecule has 0 heterocycles. The third kappa shape index (κ3) is 5.69. The van der Waals surface area contributed by atoms with Crippen LogP contribution in [0.15, 0.2) is 24.3 Å². The number of hydrogen-bond donors (Lipinski definition) is 2. The van der Waals surface area contributed by atoms with Gasteiger partial charge in [-0.1, -0.05) is 72.2 Å². The molecule has 0 fully saturated rings. The second kappa shape index (κ2) is 7.11. The molecule has 0 spiro atoms. The molecule has 1 aromatic rings. The Bertz CT molecular complexity index is 338. The Morgan fingerprint density at radius 2 is 1.19 bits per heavy atom. The minimum absolute atomic E-state index is 0.480. The smallest absolute Gasteiger partial charge is 0.131 e. The summed E-state index contributed by atoms with van der Waals surface area (Å²) in [5.41, 5.74) is 13.2. The number of thiocarbonyl (C=S) groups is 2. The first kappa shape index (κ1) is 13.8. The van der Waals surface area contributed by atoms with Gasteiger partial charge in [-0.3, -0.25) is 0 Å². The first-order valence-electron chi connectivity index (χ1n) is 4.50. The average Bonchev–Trinajstić information content (AvgIpc) is 2.25. The highest BCUT2D eigenvalue weighted by Crippen LogP contribution is 2.16. The maximum Gasteiger partial charge on any atom is 0.131 e. The van der Waals surface area contributed by atoms with E-state index in [2.05, 4.69) is 24.3 Å². The predicted molar refractivity (Wildman–Crippen MR) is 82.6 cm³/mol. The third-order valence-electron chi connectivity index (χ3n) is 1.79. The van der Waals surface area contributed by atoms with Gasteiger partial charge in [-0.2, -0.15) is 0 Å². The van der Waals surface area contributed by atoms with Gasteiger partial charge in [-0.05, 0) is 11.1 Å². The first-order chi connectivity index (χ1) is 7.58. The summed E-state index contributed by atoms with van der Waals surface area (Å²) in [6.07, 6.45) is 0. The fourth-order valence-corrected chi connectivity index (χ4v) is 2.40. The zero-order chi connectivity index (χ0) is 12.0. The minimum atomic E-state index is 0.480. The van der Waals surface area contributed by atoms with Crippen molar-refractivity contribution < 1.29 is 0 Å². The minimum Gasteiger partial charge on any atom is -0.385 e. The highest BCUT2D eigenvalue weighted by molar-refractivity contribution is 8.22. The largest absolute Gasteiger partial charge is 0.385 e. The van der Waals surface area contributed by atoms with Gasteiger partial charge in [-0.15, -0.1) is 0 Å². The number of thioether (sulfide) groups is 2. The maximum atomic E-state index is 5.41. The Balaban J connectivity index is 2.47. The lowest BCUT2D eigenvalue weighted by atomic mass is 10.2. The van der Waals surface area contributed by atoms with Gasteiger partial charge >= 0.3 is 0 Å². The lowest BCUT2D eigenvalue weighted by Gasteiger charge is -2.03. The van der Waals surface area contributed by atoms with Gasteiger partial charge in [0, 0.05) is 11.5 Å². The van der Waals surface area contributed by atoms with Crippen molar-refractivity contribution in [2.45, 2.75) is 11.5 Å². The van der Waals surface area contributed by atoms with Crippen LogP contribution in [0.25, 0.3) is 0 Å². The molecule has 86 valence electrons. The molecular formula is C10H12N2S4.